The van der Waals surface area contributed by atoms with Crippen LogP contribution >= 0.6 is 0 Å². The van der Waals surface area contributed by atoms with Crippen LogP contribution in [0.4, 0.5) is 4.79 Å². The van der Waals surface area contributed by atoms with E-state index in [1.165, 1.54) is 22.6 Å². The summed E-state index contributed by atoms with van der Waals surface area (Å²) in [6.07, 6.45) is 0.170. The Morgan fingerprint density at radius 1 is 1.18 bits per heavy atom. The van der Waals surface area contributed by atoms with E-state index < -0.39 is 16.2 Å². The summed E-state index contributed by atoms with van der Waals surface area (Å²) in [5.41, 5.74) is 2.38. The molecule has 2 aromatic carbocycles. The van der Waals surface area contributed by atoms with Gasteiger partial charge in [0, 0.05) is 31.1 Å². The third-order valence-corrected chi connectivity index (χ3v) is 6.20. The largest absolute Gasteiger partial charge is 0.465 e. The van der Waals surface area contributed by atoms with Gasteiger partial charge in [-0.25, -0.2) is 4.79 Å². The Labute approximate surface area is 164 Å². The average molecular weight is 404 g/mol. The molecule has 2 heterocycles. The molecular weight excluding hydrogens is 380 g/mol. The summed E-state index contributed by atoms with van der Waals surface area (Å²) in [6, 6.07) is 16.6. The maximum Gasteiger partial charge on any atom is 0.407 e. The number of carboxylic acid groups (broad SMARTS) is 1. The van der Waals surface area contributed by atoms with Crippen molar-refractivity contribution in [1.29, 1.82) is 0 Å². The third kappa shape index (κ3) is 4.52. The first-order valence-electron chi connectivity index (χ1n) is 8.99. The van der Waals surface area contributed by atoms with E-state index in [1.54, 1.807) is 12.1 Å². The Morgan fingerprint density at radius 2 is 1.82 bits per heavy atom. The van der Waals surface area contributed by atoms with Gasteiger partial charge in [0.15, 0.2) is 0 Å². The monoisotopic (exact) mass is 404 g/mol. The van der Waals surface area contributed by atoms with E-state index in [4.69, 9.17) is 9.66 Å². The van der Waals surface area contributed by atoms with Gasteiger partial charge in [-0.15, -0.1) is 0 Å². The zero-order chi connectivity index (χ0) is 20.4. The van der Waals surface area contributed by atoms with Crippen molar-refractivity contribution >= 4 is 16.2 Å². The third-order valence-electron chi connectivity index (χ3n) is 5.34. The number of likely N-dealkylation sites (tertiary alicyclic amines) is 1. The second-order valence-corrected chi connectivity index (χ2v) is 8.83. The predicted octanol–water partition coefficient (Wildman–Crippen LogP) is 2.42. The van der Waals surface area contributed by atoms with Gasteiger partial charge in [-0.3, -0.25) is 4.55 Å². The van der Waals surface area contributed by atoms with Crippen molar-refractivity contribution < 1.29 is 22.9 Å². The number of aryl methyl sites for hydroxylation is 1. The highest BCUT2D eigenvalue weighted by Crippen LogP contribution is 2.40. The van der Waals surface area contributed by atoms with Crippen LogP contribution in [0.5, 0.6) is 0 Å². The normalized spacial score (nSPS) is 23.2. The highest BCUT2D eigenvalue weighted by molar-refractivity contribution is 7.85. The van der Waals surface area contributed by atoms with Crippen molar-refractivity contribution in [2.75, 3.05) is 19.6 Å². The number of benzene rings is 2. The van der Waals surface area contributed by atoms with Crippen molar-refractivity contribution in [3.05, 3.63) is 65.7 Å². The van der Waals surface area contributed by atoms with Crippen molar-refractivity contribution in [2.45, 2.75) is 24.3 Å². The lowest BCUT2D eigenvalue weighted by Crippen LogP contribution is -2.62. The Hall–Kier alpha value is -2.42. The van der Waals surface area contributed by atoms with Gasteiger partial charge in [-0.2, -0.15) is 8.42 Å². The molecule has 0 radical (unpaired) electrons. The second kappa shape index (κ2) is 7.90. The maximum absolute atomic E-state index is 11.0. The second-order valence-electron chi connectivity index (χ2n) is 7.41. The van der Waals surface area contributed by atoms with Crippen molar-refractivity contribution in [1.82, 2.24) is 10.2 Å². The highest BCUT2D eigenvalue weighted by atomic mass is 32.2. The van der Waals surface area contributed by atoms with E-state index in [0.29, 0.717) is 19.1 Å². The average Bonchev–Trinajstić information content (AvgIpc) is 2.88. The lowest BCUT2D eigenvalue weighted by atomic mass is 9.72. The smallest absolute Gasteiger partial charge is 0.407 e. The summed E-state index contributed by atoms with van der Waals surface area (Å²) in [5.74, 6) is 0. The molecule has 0 bridgehead atoms. The summed E-state index contributed by atoms with van der Waals surface area (Å²) >= 11 is 0. The first-order chi connectivity index (χ1) is 13.2. The first-order valence-corrected chi connectivity index (χ1v) is 10.4. The summed E-state index contributed by atoms with van der Waals surface area (Å²) < 4.78 is 29.6. The van der Waals surface area contributed by atoms with E-state index in [2.05, 4.69) is 17.4 Å². The van der Waals surface area contributed by atoms with Gasteiger partial charge in [0.05, 0.1) is 4.90 Å². The van der Waals surface area contributed by atoms with Crippen LogP contribution in [0, 0.1) is 12.3 Å². The number of hydrogen-bond acceptors (Lipinski definition) is 4. The van der Waals surface area contributed by atoms with Crippen LogP contribution < -0.4 is 5.32 Å². The molecule has 2 atom stereocenters. The minimum absolute atomic E-state index is 0.0666. The molecule has 8 heteroatoms. The number of nitrogens with one attached hydrogen (secondary N) is 1. The Bertz CT molecular complexity index is 931. The molecule has 0 aromatic heterocycles. The van der Waals surface area contributed by atoms with Gasteiger partial charge in [-0.05, 0) is 31.0 Å². The van der Waals surface area contributed by atoms with Crippen molar-refractivity contribution in [3.63, 3.8) is 0 Å². The quantitative estimate of drug-likeness (QED) is 0.679. The molecule has 2 aliphatic rings. The van der Waals surface area contributed by atoms with Crippen LogP contribution in [-0.2, 0) is 16.5 Å². The molecule has 150 valence electrons. The maximum atomic E-state index is 11.0. The molecule has 2 aromatic rings. The van der Waals surface area contributed by atoms with Gasteiger partial charge in [0.1, 0.15) is 0 Å². The Balaban J connectivity index is 0.000000178. The van der Waals surface area contributed by atoms with E-state index in [-0.39, 0.29) is 10.3 Å². The number of carbonyl (C=O) groups is 1. The van der Waals surface area contributed by atoms with Crippen LogP contribution in [0.2, 0.25) is 0 Å². The minimum Gasteiger partial charge on any atom is -0.465 e. The van der Waals surface area contributed by atoms with Crippen LogP contribution in [0.3, 0.4) is 0 Å². The van der Waals surface area contributed by atoms with Gasteiger partial charge in [0.25, 0.3) is 10.1 Å². The van der Waals surface area contributed by atoms with Gasteiger partial charge in [-0.1, -0.05) is 48.0 Å². The topological polar surface area (TPSA) is 107 Å². The predicted molar refractivity (Wildman–Crippen MR) is 105 cm³/mol. The molecule has 2 saturated heterocycles. The van der Waals surface area contributed by atoms with Gasteiger partial charge < -0.3 is 15.3 Å². The summed E-state index contributed by atoms with van der Waals surface area (Å²) in [6.45, 7) is 4.06. The lowest BCUT2D eigenvalue weighted by molar-refractivity contribution is 0.126. The number of fused-ring (bicyclic) bond motifs is 1. The van der Waals surface area contributed by atoms with Crippen molar-refractivity contribution in [3.8, 4) is 0 Å². The summed E-state index contributed by atoms with van der Waals surface area (Å²) in [4.78, 5) is 12.5. The van der Waals surface area contributed by atoms with Crippen molar-refractivity contribution in [2.24, 2.45) is 5.41 Å². The van der Waals surface area contributed by atoms with Crippen LogP contribution in [0.25, 0.3) is 0 Å². The van der Waals surface area contributed by atoms with E-state index >= 15 is 0 Å². The fraction of sp³-hybridized carbons (Fsp3) is 0.350. The molecule has 2 fully saturated rings. The molecule has 7 nitrogen and oxygen atoms in total. The molecule has 0 saturated carbocycles. The molecule has 28 heavy (non-hydrogen) atoms. The van der Waals surface area contributed by atoms with Crippen LogP contribution in [0.1, 0.15) is 11.1 Å². The Morgan fingerprint density at radius 3 is 2.32 bits per heavy atom. The molecule has 2 aliphatic heterocycles. The molecule has 0 spiro atoms. The van der Waals surface area contributed by atoms with Crippen LogP contribution in [-0.4, -0.2) is 54.7 Å². The van der Waals surface area contributed by atoms with E-state index in [1.807, 2.05) is 25.1 Å². The fourth-order valence-electron chi connectivity index (χ4n) is 3.72. The van der Waals surface area contributed by atoms with E-state index in [0.717, 1.165) is 18.5 Å². The molecule has 4 rings (SSSR count). The number of amides is 1. The standard InChI is InChI=1S/C13H16N2O2.C7H8O3S/c16-12(17)15-7-11-13(9-15,8-14-11)6-10-4-2-1-3-5-10;1-6-2-4-7(5-3-6)11(8,9)10/h1-5,11,14H,6-9H2,(H,16,17);2-5H,1H3,(H,8,9,10)/t11-,13+;/m1./s1. The lowest BCUT2D eigenvalue weighted by Gasteiger charge is -2.45. The molecule has 3 N–H and O–H groups in total. The summed E-state index contributed by atoms with van der Waals surface area (Å²) in [5, 5.41) is 12.4. The Kier molecular flexibility index (Phi) is 5.74. The fourth-order valence-corrected chi connectivity index (χ4v) is 4.20. The molecule has 0 aliphatic carbocycles. The number of hydrogen-bond donors (Lipinski definition) is 3. The highest BCUT2D eigenvalue weighted by Gasteiger charge is 2.53. The number of rotatable bonds is 3. The zero-order valence-corrected chi connectivity index (χ0v) is 16.4. The van der Waals surface area contributed by atoms with E-state index in [9.17, 15) is 13.2 Å². The first kappa shape index (κ1) is 20.3. The zero-order valence-electron chi connectivity index (χ0n) is 15.6. The minimum atomic E-state index is -4.02. The molecule has 0 unspecified atom stereocenters. The van der Waals surface area contributed by atoms with Gasteiger partial charge >= 0.3 is 6.09 Å². The summed E-state index contributed by atoms with van der Waals surface area (Å²) in [7, 11) is -4.02. The van der Waals surface area contributed by atoms with Crippen LogP contribution in [0.15, 0.2) is 59.5 Å². The molecule has 1 amide bonds. The SMILES string of the molecule is Cc1ccc(S(=O)(=O)O)cc1.O=C(O)N1C[C@H]2NC[C@@]2(Cc2ccccc2)C1. The van der Waals surface area contributed by atoms with Gasteiger partial charge in [0.2, 0.25) is 0 Å². The molecular formula is C20H24N2O5S. The number of nitrogens with zero attached hydrogens (tertiary/aromatic N) is 1.